The predicted octanol–water partition coefficient (Wildman–Crippen LogP) is 2.38. The average molecular weight is 182 g/mol. The van der Waals surface area contributed by atoms with Gasteiger partial charge in [0.2, 0.25) is 0 Å². The number of hydrogen-bond acceptors (Lipinski definition) is 1. The molecule has 1 rings (SSSR count). The fourth-order valence-corrected chi connectivity index (χ4v) is 0.675. The molecule has 0 aliphatic rings. The monoisotopic (exact) mass is 181 g/mol. The van der Waals surface area contributed by atoms with Gasteiger partial charge < -0.3 is 0 Å². The summed E-state index contributed by atoms with van der Waals surface area (Å²) in [4.78, 5) is 3.60. The van der Waals surface area contributed by atoms with Gasteiger partial charge in [0, 0.05) is 12.1 Å². The lowest BCUT2D eigenvalue weighted by atomic mass is 10.3. The van der Waals surface area contributed by atoms with Crippen molar-refractivity contribution in [3.63, 3.8) is 0 Å². The van der Waals surface area contributed by atoms with Crippen LogP contribution in [0.25, 0.3) is 0 Å². The van der Waals surface area contributed by atoms with Crippen molar-refractivity contribution < 1.29 is 4.39 Å². The molecule has 0 saturated carbocycles. The van der Waals surface area contributed by atoms with Gasteiger partial charge in [-0.15, -0.1) is 24.0 Å². The molecule has 0 saturated heterocycles. The fourth-order valence-electron chi connectivity index (χ4n) is 0.529. The van der Waals surface area contributed by atoms with Gasteiger partial charge in [0.25, 0.3) is 0 Å². The molecule has 1 nitrogen and oxygen atoms in total. The maximum Gasteiger partial charge on any atom is 0.141 e. The SMILES string of the molecule is Cl.Fc1cncc(CCl)c1. The Labute approximate surface area is 69.6 Å². The zero-order valence-electron chi connectivity index (χ0n) is 5.05. The van der Waals surface area contributed by atoms with E-state index in [0.29, 0.717) is 11.4 Å². The van der Waals surface area contributed by atoms with Gasteiger partial charge in [-0.25, -0.2) is 4.39 Å². The number of pyridine rings is 1. The molecule has 0 N–H and O–H groups in total. The average Bonchev–Trinajstić information content (AvgIpc) is 1.88. The first-order valence-electron chi connectivity index (χ1n) is 2.48. The number of alkyl halides is 1. The van der Waals surface area contributed by atoms with Crippen LogP contribution >= 0.6 is 24.0 Å². The molecular formula is C6H6Cl2FN. The quantitative estimate of drug-likeness (QED) is 0.607. The summed E-state index contributed by atoms with van der Waals surface area (Å²) >= 11 is 5.39. The zero-order chi connectivity index (χ0) is 6.69. The molecule has 0 aliphatic carbocycles. The smallest absolute Gasteiger partial charge is 0.141 e. The van der Waals surface area contributed by atoms with Crippen molar-refractivity contribution in [1.29, 1.82) is 0 Å². The minimum atomic E-state index is -0.340. The highest BCUT2D eigenvalue weighted by Crippen LogP contribution is 2.02. The molecule has 0 fully saturated rings. The zero-order valence-corrected chi connectivity index (χ0v) is 6.62. The van der Waals surface area contributed by atoms with E-state index in [-0.39, 0.29) is 18.2 Å². The van der Waals surface area contributed by atoms with Gasteiger partial charge in [0.1, 0.15) is 5.82 Å². The molecule has 10 heavy (non-hydrogen) atoms. The summed E-state index contributed by atoms with van der Waals surface area (Å²) in [5, 5.41) is 0. The molecule has 1 aromatic heterocycles. The van der Waals surface area contributed by atoms with Crippen LogP contribution in [0, 0.1) is 5.82 Å². The maximum absolute atomic E-state index is 12.2. The van der Waals surface area contributed by atoms with Gasteiger partial charge in [-0.1, -0.05) is 0 Å². The third kappa shape index (κ3) is 2.50. The van der Waals surface area contributed by atoms with E-state index in [1.54, 1.807) is 0 Å². The molecular weight excluding hydrogens is 176 g/mol. The van der Waals surface area contributed by atoms with E-state index >= 15 is 0 Å². The normalized spacial score (nSPS) is 8.60. The van der Waals surface area contributed by atoms with Crippen LogP contribution < -0.4 is 0 Å². The number of hydrogen-bond donors (Lipinski definition) is 0. The van der Waals surface area contributed by atoms with Crippen LogP contribution in [0.4, 0.5) is 4.39 Å². The molecule has 4 heteroatoms. The van der Waals surface area contributed by atoms with Gasteiger partial charge in [-0.05, 0) is 11.6 Å². The third-order valence-electron chi connectivity index (χ3n) is 0.916. The Kier molecular flexibility index (Phi) is 4.32. The lowest BCUT2D eigenvalue weighted by molar-refractivity contribution is 0.619. The van der Waals surface area contributed by atoms with Crippen LogP contribution in [0.3, 0.4) is 0 Å². The van der Waals surface area contributed by atoms with Crippen LogP contribution in [0.2, 0.25) is 0 Å². The van der Waals surface area contributed by atoms with Crippen LogP contribution in [-0.4, -0.2) is 4.98 Å². The molecule has 0 amide bonds. The van der Waals surface area contributed by atoms with Gasteiger partial charge in [0.05, 0.1) is 6.20 Å². The van der Waals surface area contributed by atoms with E-state index < -0.39 is 0 Å². The van der Waals surface area contributed by atoms with Crippen molar-refractivity contribution in [1.82, 2.24) is 4.98 Å². The molecule has 0 bridgehead atoms. The molecule has 1 aromatic rings. The Morgan fingerprint density at radius 2 is 2.20 bits per heavy atom. The lowest BCUT2D eigenvalue weighted by Gasteiger charge is -1.90. The van der Waals surface area contributed by atoms with E-state index in [0.717, 1.165) is 6.20 Å². The summed E-state index contributed by atoms with van der Waals surface area (Å²) in [5.74, 6) is -0.0294. The molecule has 56 valence electrons. The summed E-state index contributed by atoms with van der Waals surface area (Å²) in [6, 6.07) is 1.36. The fraction of sp³-hybridized carbons (Fsp3) is 0.167. The Morgan fingerprint density at radius 1 is 1.50 bits per heavy atom. The van der Waals surface area contributed by atoms with Gasteiger partial charge >= 0.3 is 0 Å². The summed E-state index contributed by atoms with van der Waals surface area (Å²) in [6.07, 6.45) is 2.69. The van der Waals surface area contributed by atoms with Crippen LogP contribution in [0.15, 0.2) is 18.5 Å². The molecule has 0 spiro atoms. The second-order valence-electron chi connectivity index (χ2n) is 1.65. The van der Waals surface area contributed by atoms with E-state index in [1.807, 2.05) is 0 Å². The Bertz CT molecular complexity index is 205. The lowest BCUT2D eigenvalue weighted by Crippen LogP contribution is -1.82. The first-order valence-corrected chi connectivity index (χ1v) is 3.02. The van der Waals surface area contributed by atoms with E-state index in [1.165, 1.54) is 12.3 Å². The minimum Gasteiger partial charge on any atom is -0.261 e. The van der Waals surface area contributed by atoms with Gasteiger partial charge in [-0.3, -0.25) is 4.98 Å². The third-order valence-corrected chi connectivity index (χ3v) is 1.22. The van der Waals surface area contributed by atoms with Crippen LogP contribution in [0.1, 0.15) is 5.56 Å². The van der Waals surface area contributed by atoms with E-state index in [4.69, 9.17) is 11.6 Å². The minimum absolute atomic E-state index is 0. The van der Waals surface area contributed by atoms with Crippen LogP contribution in [-0.2, 0) is 5.88 Å². The maximum atomic E-state index is 12.2. The highest BCUT2D eigenvalue weighted by atomic mass is 35.5. The van der Waals surface area contributed by atoms with Crippen molar-refractivity contribution >= 4 is 24.0 Å². The van der Waals surface area contributed by atoms with Crippen LogP contribution in [0.5, 0.6) is 0 Å². The second-order valence-corrected chi connectivity index (χ2v) is 1.91. The topological polar surface area (TPSA) is 12.9 Å². The standard InChI is InChI=1S/C6H5ClFN.ClH/c7-2-5-1-6(8)4-9-3-5;/h1,3-4H,2H2;1H. The van der Waals surface area contributed by atoms with Crippen molar-refractivity contribution in [2.75, 3.05) is 0 Å². The Hall–Kier alpha value is -0.340. The summed E-state index contributed by atoms with van der Waals surface area (Å²) < 4.78 is 12.2. The molecule has 1 heterocycles. The first-order chi connectivity index (χ1) is 4.33. The van der Waals surface area contributed by atoms with E-state index in [2.05, 4.69) is 4.98 Å². The predicted molar refractivity (Wildman–Crippen MR) is 41.0 cm³/mol. The highest BCUT2D eigenvalue weighted by Gasteiger charge is 1.91. The molecule has 0 unspecified atom stereocenters. The second kappa shape index (κ2) is 4.47. The van der Waals surface area contributed by atoms with Crippen molar-refractivity contribution in [2.45, 2.75) is 5.88 Å². The number of halogens is 3. The van der Waals surface area contributed by atoms with E-state index in [9.17, 15) is 4.39 Å². The number of nitrogens with zero attached hydrogens (tertiary/aromatic N) is 1. The van der Waals surface area contributed by atoms with Gasteiger partial charge in [-0.2, -0.15) is 0 Å². The highest BCUT2D eigenvalue weighted by molar-refractivity contribution is 6.17. The molecule has 0 aromatic carbocycles. The first kappa shape index (κ1) is 9.66. The summed E-state index contributed by atoms with van der Waals surface area (Å²) in [5.41, 5.74) is 0.705. The number of rotatable bonds is 1. The largest absolute Gasteiger partial charge is 0.261 e. The summed E-state index contributed by atoms with van der Waals surface area (Å²) in [6.45, 7) is 0. The molecule has 0 aliphatic heterocycles. The Balaban J connectivity index is 0.000000810. The van der Waals surface area contributed by atoms with Gasteiger partial charge in [0.15, 0.2) is 0 Å². The van der Waals surface area contributed by atoms with Crippen molar-refractivity contribution in [2.24, 2.45) is 0 Å². The van der Waals surface area contributed by atoms with Crippen molar-refractivity contribution in [3.05, 3.63) is 29.8 Å². The molecule has 0 radical (unpaired) electrons. The Morgan fingerprint density at radius 3 is 2.60 bits per heavy atom. The summed E-state index contributed by atoms with van der Waals surface area (Å²) in [7, 11) is 0. The van der Waals surface area contributed by atoms with Crippen molar-refractivity contribution in [3.8, 4) is 0 Å². The molecule has 0 atom stereocenters. The number of aromatic nitrogens is 1.